The summed E-state index contributed by atoms with van der Waals surface area (Å²) < 4.78 is 5.45. The molecule has 0 N–H and O–H groups in total. The van der Waals surface area contributed by atoms with Gasteiger partial charge in [-0.2, -0.15) is 16.3 Å². The Morgan fingerprint density at radius 1 is 0.839 bits per heavy atom. The molecule has 0 saturated carbocycles. The molecule has 0 unspecified atom stereocenters. The molecule has 0 spiro atoms. The number of unbranched alkanes of at least 4 members (excludes halogenated alkanes) is 7. The number of halogens is 1. The first kappa shape index (κ1) is 25.2. The quantitative estimate of drug-likeness (QED) is 0.101. The number of benzene rings is 2. The van der Waals surface area contributed by atoms with Crippen molar-refractivity contribution in [3.63, 3.8) is 0 Å². The number of esters is 1. The fraction of sp³-hybridized carbons (Fsp3) is 0.462. The maximum atomic E-state index is 12.1. The Kier molecular flexibility index (Phi) is 10.8. The number of carbonyl (C=O) groups is 1. The summed E-state index contributed by atoms with van der Waals surface area (Å²) in [6, 6.07) is 18.3. The molecule has 2 rings (SSSR count). The summed E-state index contributed by atoms with van der Waals surface area (Å²) in [6.45, 7) is 4.43. The SMILES string of the molecule is C[Si](C)(Cl)CCCCCCCCCCC(=O)Oc1ccc(-c2ccc(C#N)cc2)cc1. The summed E-state index contributed by atoms with van der Waals surface area (Å²) >= 11 is 6.34. The van der Waals surface area contributed by atoms with Crippen LogP contribution in [-0.4, -0.2) is 13.4 Å². The maximum absolute atomic E-state index is 12.1. The van der Waals surface area contributed by atoms with E-state index in [0.29, 0.717) is 17.7 Å². The van der Waals surface area contributed by atoms with Crippen LogP contribution in [0.1, 0.15) is 63.4 Å². The van der Waals surface area contributed by atoms with E-state index in [1.165, 1.54) is 44.6 Å². The molecule has 0 heterocycles. The van der Waals surface area contributed by atoms with Crippen molar-refractivity contribution >= 4 is 24.4 Å². The molecule has 0 bridgehead atoms. The summed E-state index contributed by atoms with van der Waals surface area (Å²) in [4.78, 5) is 12.1. The summed E-state index contributed by atoms with van der Waals surface area (Å²) in [5.74, 6) is 0.407. The lowest BCUT2D eigenvalue weighted by Gasteiger charge is -2.11. The summed E-state index contributed by atoms with van der Waals surface area (Å²) in [7, 11) is -1.39. The molecule has 0 aliphatic heterocycles. The number of hydrogen-bond donors (Lipinski definition) is 0. The van der Waals surface area contributed by atoms with E-state index in [1.54, 1.807) is 12.1 Å². The molecule has 0 amide bonds. The number of rotatable bonds is 13. The third-order valence-corrected chi connectivity index (χ3v) is 7.44. The van der Waals surface area contributed by atoms with Gasteiger partial charge >= 0.3 is 5.97 Å². The molecule has 31 heavy (non-hydrogen) atoms. The highest BCUT2D eigenvalue weighted by Crippen LogP contribution is 2.23. The molecule has 0 atom stereocenters. The van der Waals surface area contributed by atoms with Crippen LogP contribution in [0.2, 0.25) is 19.1 Å². The van der Waals surface area contributed by atoms with E-state index in [1.807, 2.05) is 36.4 Å². The van der Waals surface area contributed by atoms with Crippen LogP contribution >= 0.6 is 11.1 Å². The van der Waals surface area contributed by atoms with Crippen molar-refractivity contribution in [2.45, 2.75) is 76.9 Å². The molecular formula is C26H34ClNO2Si. The lowest BCUT2D eigenvalue weighted by atomic mass is 10.0. The number of ether oxygens (including phenoxy) is 1. The average Bonchev–Trinajstić information content (AvgIpc) is 2.75. The Bertz CT molecular complexity index is 836. The number of nitrogens with zero attached hydrogens (tertiary/aromatic N) is 1. The molecule has 0 aliphatic rings. The van der Waals surface area contributed by atoms with Crippen molar-refractivity contribution in [3.8, 4) is 22.9 Å². The normalized spacial score (nSPS) is 11.2. The summed E-state index contributed by atoms with van der Waals surface area (Å²) in [6.07, 6.45) is 9.98. The third kappa shape index (κ3) is 10.7. The smallest absolute Gasteiger partial charge is 0.311 e. The highest BCUT2D eigenvalue weighted by atomic mass is 35.6. The molecule has 0 aromatic heterocycles. The topological polar surface area (TPSA) is 50.1 Å². The van der Waals surface area contributed by atoms with Gasteiger partial charge in [0.1, 0.15) is 13.1 Å². The zero-order chi connectivity index (χ0) is 22.5. The zero-order valence-electron chi connectivity index (χ0n) is 18.8. The predicted molar refractivity (Wildman–Crippen MR) is 132 cm³/mol. The molecule has 2 aromatic carbocycles. The van der Waals surface area contributed by atoms with Crippen molar-refractivity contribution < 1.29 is 9.53 Å². The monoisotopic (exact) mass is 455 g/mol. The molecular weight excluding hydrogens is 422 g/mol. The minimum atomic E-state index is -1.39. The minimum absolute atomic E-state index is 0.168. The van der Waals surface area contributed by atoms with Crippen LogP contribution in [0.25, 0.3) is 11.1 Å². The molecule has 0 fully saturated rings. The van der Waals surface area contributed by atoms with Gasteiger partial charge in [-0.1, -0.05) is 82.3 Å². The lowest BCUT2D eigenvalue weighted by Crippen LogP contribution is -2.14. The van der Waals surface area contributed by atoms with Gasteiger partial charge in [0.25, 0.3) is 0 Å². The van der Waals surface area contributed by atoms with Gasteiger partial charge in [-0.15, -0.1) is 0 Å². The Morgan fingerprint density at radius 2 is 1.32 bits per heavy atom. The van der Waals surface area contributed by atoms with Gasteiger partial charge in [-0.05, 0) is 47.9 Å². The Morgan fingerprint density at radius 3 is 1.84 bits per heavy atom. The van der Waals surface area contributed by atoms with Crippen LogP contribution in [0.5, 0.6) is 5.75 Å². The Balaban J connectivity index is 1.57. The van der Waals surface area contributed by atoms with Crippen LogP contribution in [0, 0.1) is 11.3 Å². The molecule has 2 aromatic rings. The summed E-state index contributed by atoms with van der Waals surface area (Å²) in [5.41, 5.74) is 2.70. The fourth-order valence-electron chi connectivity index (χ4n) is 3.51. The van der Waals surface area contributed by atoms with E-state index < -0.39 is 7.38 Å². The van der Waals surface area contributed by atoms with Crippen molar-refractivity contribution in [3.05, 3.63) is 54.1 Å². The number of nitriles is 1. The van der Waals surface area contributed by atoms with Crippen LogP contribution in [0.15, 0.2) is 48.5 Å². The second-order valence-corrected chi connectivity index (χ2v) is 15.7. The molecule has 0 radical (unpaired) electrons. The van der Waals surface area contributed by atoms with Crippen LogP contribution in [-0.2, 0) is 4.79 Å². The maximum Gasteiger partial charge on any atom is 0.311 e. The zero-order valence-corrected chi connectivity index (χ0v) is 20.6. The van der Waals surface area contributed by atoms with Gasteiger partial charge in [0.05, 0.1) is 11.6 Å². The van der Waals surface area contributed by atoms with Crippen molar-refractivity contribution in [1.82, 2.24) is 0 Å². The standard InChI is InChI=1S/C26H34ClNO2Si/c1-31(2,27)20-10-8-6-4-3-5-7-9-11-26(29)30-25-18-16-24(17-19-25)23-14-12-22(21-28)13-15-23/h12-19H,3-11,20H2,1-2H3. The van der Waals surface area contributed by atoms with Crippen molar-refractivity contribution in [2.75, 3.05) is 0 Å². The minimum Gasteiger partial charge on any atom is -0.427 e. The van der Waals surface area contributed by atoms with Crippen molar-refractivity contribution in [1.29, 1.82) is 5.26 Å². The van der Waals surface area contributed by atoms with Gasteiger partial charge in [0.15, 0.2) is 0 Å². The first-order chi connectivity index (χ1) is 14.9. The molecule has 5 heteroatoms. The Labute approximate surface area is 193 Å². The van der Waals surface area contributed by atoms with Gasteiger partial charge in [-0.3, -0.25) is 4.79 Å². The molecule has 3 nitrogen and oxygen atoms in total. The average molecular weight is 456 g/mol. The third-order valence-electron chi connectivity index (χ3n) is 5.34. The largest absolute Gasteiger partial charge is 0.427 e. The molecule has 166 valence electrons. The summed E-state index contributed by atoms with van der Waals surface area (Å²) in [5, 5.41) is 8.88. The van der Waals surface area contributed by atoms with Gasteiger partial charge in [0.2, 0.25) is 0 Å². The lowest BCUT2D eigenvalue weighted by molar-refractivity contribution is -0.134. The molecule has 0 aliphatic carbocycles. The second kappa shape index (κ2) is 13.3. The number of carbonyl (C=O) groups excluding carboxylic acids is 1. The van der Waals surface area contributed by atoms with E-state index in [0.717, 1.165) is 24.0 Å². The fourth-order valence-corrected chi connectivity index (χ4v) is 5.00. The van der Waals surface area contributed by atoms with Crippen LogP contribution < -0.4 is 4.74 Å². The highest BCUT2D eigenvalue weighted by Gasteiger charge is 2.15. The predicted octanol–water partition coefficient (Wildman–Crippen LogP) is 8.09. The van der Waals surface area contributed by atoms with E-state index in [4.69, 9.17) is 21.1 Å². The number of hydrogen-bond acceptors (Lipinski definition) is 3. The first-order valence-corrected chi connectivity index (χ1v) is 15.6. The van der Waals surface area contributed by atoms with Crippen LogP contribution in [0.4, 0.5) is 0 Å². The van der Waals surface area contributed by atoms with Gasteiger partial charge < -0.3 is 4.74 Å². The van der Waals surface area contributed by atoms with E-state index in [2.05, 4.69) is 19.2 Å². The first-order valence-electron chi connectivity index (χ1n) is 11.4. The van der Waals surface area contributed by atoms with Gasteiger partial charge in [0, 0.05) is 6.42 Å². The highest BCUT2D eigenvalue weighted by molar-refractivity contribution is 7.19. The van der Waals surface area contributed by atoms with E-state index in [9.17, 15) is 4.79 Å². The second-order valence-electron chi connectivity index (χ2n) is 8.73. The van der Waals surface area contributed by atoms with E-state index >= 15 is 0 Å². The van der Waals surface area contributed by atoms with Gasteiger partial charge in [-0.25, -0.2) is 0 Å². The van der Waals surface area contributed by atoms with E-state index in [-0.39, 0.29) is 5.97 Å². The van der Waals surface area contributed by atoms with Crippen LogP contribution in [0.3, 0.4) is 0 Å². The Hall–Kier alpha value is -2.09. The molecule has 0 saturated heterocycles. The van der Waals surface area contributed by atoms with Crippen molar-refractivity contribution in [2.24, 2.45) is 0 Å².